The van der Waals surface area contributed by atoms with Crippen molar-refractivity contribution < 1.29 is 17.7 Å². The molecule has 1 aromatic rings. The summed E-state index contributed by atoms with van der Waals surface area (Å²) in [4.78, 5) is 0.204. The van der Waals surface area contributed by atoms with E-state index in [4.69, 9.17) is 9.31 Å². The Bertz CT molecular complexity index is 645. The Morgan fingerprint density at radius 2 is 1.82 bits per heavy atom. The lowest BCUT2D eigenvalue weighted by atomic mass is 9.83. The van der Waals surface area contributed by atoms with Crippen LogP contribution < -0.4 is 4.63 Å². The van der Waals surface area contributed by atoms with E-state index in [1.54, 1.807) is 30.3 Å². The van der Waals surface area contributed by atoms with Crippen molar-refractivity contribution in [3.8, 4) is 0 Å². The maximum atomic E-state index is 12.4. The van der Waals surface area contributed by atoms with Crippen LogP contribution in [-0.2, 0) is 19.3 Å². The van der Waals surface area contributed by atoms with Gasteiger partial charge in [-0.2, -0.15) is 4.63 Å². The van der Waals surface area contributed by atoms with Crippen molar-refractivity contribution in [2.75, 3.05) is 0 Å². The highest BCUT2D eigenvalue weighted by molar-refractivity contribution is 7.90. The van der Waals surface area contributed by atoms with Crippen LogP contribution in [0.3, 0.4) is 0 Å². The van der Waals surface area contributed by atoms with Crippen LogP contribution in [0, 0.1) is 5.92 Å². The summed E-state index contributed by atoms with van der Waals surface area (Å²) in [5, 5.41) is 0. The lowest BCUT2D eigenvalue weighted by Crippen LogP contribution is -2.45. The van der Waals surface area contributed by atoms with Crippen LogP contribution in [-0.4, -0.2) is 26.9 Å². The lowest BCUT2D eigenvalue weighted by molar-refractivity contribution is -0.0195. The highest BCUT2D eigenvalue weighted by Gasteiger charge is 2.56. The van der Waals surface area contributed by atoms with E-state index >= 15 is 0 Å². The van der Waals surface area contributed by atoms with E-state index in [-0.39, 0.29) is 4.90 Å². The molecule has 1 aliphatic carbocycles. The van der Waals surface area contributed by atoms with Crippen LogP contribution in [0.1, 0.15) is 40.0 Å². The van der Waals surface area contributed by atoms with E-state index in [1.165, 1.54) is 12.8 Å². The van der Waals surface area contributed by atoms with Crippen molar-refractivity contribution in [2.24, 2.45) is 5.92 Å². The first kappa shape index (κ1) is 16.0. The first-order chi connectivity index (χ1) is 10.2. The van der Waals surface area contributed by atoms with Gasteiger partial charge in [0.1, 0.15) is 0 Å². The zero-order valence-electron chi connectivity index (χ0n) is 13.2. The smallest absolute Gasteiger partial charge is 0.389 e. The molecule has 5 nitrogen and oxygen atoms in total. The molecule has 3 rings (SSSR count). The third-order valence-corrected chi connectivity index (χ3v) is 6.12. The minimum Gasteiger partial charge on any atom is -0.389 e. The van der Waals surface area contributed by atoms with Crippen molar-refractivity contribution >= 4 is 17.3 Å². The molecular formula is C15H22BNO4S. The van der Waals surface area contributed by atoms with Gasteiger partial charge in [-0.05, 0) is 45.2 Å². The maximum absolute atomic E-state index is 12.4. The molecule has 0 amide bonds. The predicted octanol–water partition coefficient (Wildman–Crippen LogP) is 2.33. The Morgan fingerprint density at radius 1 is 1.18 bits per heavy atom. The normalized spacial score (nSPS) is 28.0. The van der Waals surface area contributed by atoms with E-state index in [2.05, 4.69) is 4.63 Å². The minimum atomic E-state index is -3.66. The molecule has 0 bridgehead atoms. The van der Waals surface area contributed by atoms with Crippen molar-refractivity contribution in [1.82, 2.24) is 4.63 Å². The van der Waals surface area contributed by atoms with Gasteiger partial charge in [0.15, 0.2) is 0 Å². The highest BCUT2D eigenvalue weighted by atomic mass is 32.2. The van der Waals surface area contributed by atoms with E-state index in [0.29, 0.717) is 5.92 Å². The van der Waals surface area contributed by atoms with Gasteiger partial charge in [0.05, 0.1) is 16.1 Å². The summed E-state index contributed by atoms with van der Waals surface area (Å²) in [7, 11) is -4.61. The molecule has 1 atom stereocenters. The highest BCUT2D eigenvalue weighted by Crippen LogP contribution is 2.46. The summed E-state index contributed by atoms with van der Waals surface area (Å²) < 4.78 is 39.0. The summed E-state index contributed by atoms with van der Waals surface area (Å²) in [5.74, 6) is 0.664. The van der Waals surface area contributed by atoms with Crippen molar-refractivity contribution in [1.29, 1.82) is 0 Å². The van der Waals surface area contributed by atoms with E-state index in [0.717, 1.165) is 6.42 Å². The molecule has 2 fully saturated rings. The minimum absolute atomic E-state index is 0.204. The van der Waals surface area contributed by atoms with Crippen LogP contribution in [0.4, 0.5) is 0 Å². The van der Waals surface area contributed by atoms with E-state index in [9.17, 15) is 8.42 Å². The largest absolute Gasteiger partial charge is 0.570 e. The molecular weight excluding hydrogens is 301 g/mol. The van der Waals surface area contributed by atoms with Crippen LogP contribution in [0.15, 0.2) is 35.2 Å². The van der Waals surface area contributed by atoms with Crippen molar-refractivity contribution in [3.63, 3.8) is 0 Å². The summed E-state index contributed by atoms with van der Waals surface area (Å²) in [6.45, 7) is 5.90. The zero-order valence-corrected chi connectivity index (χ0v) is 14.0. The fraction of sp³-hybridized carbons (Fsp3) is 0.600. The van der Waals surface area contributed by atoms with Gasteiger partial charge in [-0.25, -0.2) is 8.42 Å². The monoisotopic (exact) mass is 323 g/mol. The molecule has 1 saturated heterocycles. The van der Waals surface area contributed by atoms with Gasteiger partial charge in [0, 0.05) is 0 Å². The molecule has 2 aliphatic rings. The molecule has 1 heterocycles. The fourth-order valence-corrected chi connectivity index (χ4v) is 3.80. The van der Waals surface area contributed by atoms with Crippen LogP contribution in [0.5, 0.6) is 0 Å². The zero-order chi connectivity index (χ0) is 16.0. The van der Waals surface area contributed by atoms with Crippen molar-refractivity contribution in [2.45, 2.75) is 56.1 Å². The Kier molecular flexibility index (Phi) is 3.88. The van der Waals surface area contributed by atoms with Gasteiger partial charge >= 0.3 is 7.25 Å². The molecule has 1 N–H and O–H groups in total. The summed E-state index contributed by atoms with van der Waals surface area (Å²) in [6.07, 6.45) is 3.33. The Morgan fingerprint density at radius 3 is 2.41 bits per heavy atom. The van der Waals surface area contributed by atoms with Gasteiger partial charge in [-0.15, -0.1) is 0 Å². The second-order valence-corrected chi connectivity index (χ2v) is 8.60. The molecule has 0 aromatic heterocycles. The van der Waals surface area contributed by atoms with Crippen LogP contribution in [0.2, 0.25) is 0 Å². The average Bonchev–Trinajstić information content (AvgIpc) is 3.18. The molecule has 0 spiro atoms. The van der Waals surface area contributed by atoms with Crippen LogP contribution >= 0.6 is 0 Å². The maximum Gasteiger partial charge on any atom is 0.570 e. The van der Waals surface area contributed by atoms with E-state index < -0.39 is 28.5 Å². The molecule has 120 valence electrons. The first-order valence-corrected chi connectivity index (χ1v) is 9.13. The van der Waals surface area contributed by atoms with Gasteiger partial charge in [0.2, 0.25) is 10.0 Å². The number of benzene rings is 1. The van der Waals surface area contributed by atoms with Gasteiger partial charge in [-0.1, -0.05) is 31.0 Å². The Hall–Kier alpha value is -0.885. The predicted molar refractivity (Wildman–Crippen MR) is 84.5 cm³/mol. The SMILES string of the molecule is CC1(C)OB(NS(=O)(=O)c2ccccc2)OC1(C)CC1CC1. The number of hydrogen-bond acceptors (Lipinski definition) is 4. The average molecular weight is 323 g/mol. The second kappa shape index (κ2) is 5.34. The third-order valence-electron chi connectivity index (χ3n) is 4.72. The number of sulfonamides is 1. The molecule has 1 saturated carbocycles. The summed E-state index contributed by atoms with van der Waals surface area (Å²) in [5.41, 5.74) is -1.03. The van der Waals surface area contributed by atoms with Crippen LogP contribution in [0.25, 0.3) is 0 Å². The third kappa shape index (κ3) is 3.08. The topological polar surface area (TPSA) is 64.6 Å². The number of rotatable bonds is 5. The fourth-order valence-electron chi connectivity index (χ4n) is 2.80. The summed E-state index contributed by atoms with van der Waals surface area (Å²) in [6, 6.07) is 8.24. The Balaban J connectivity index is 1.74. The van der Waals surface area contributed by atoms with Gasteiger partial charge in [0.25, 0.3) is 0 Å². The number of nitrogens with one attached hydrogen (secondary N) is 1. The molecule has 7 heteroatoms. The van der Waals surface area contributed by atoms with Gasteiger partial charge < -0.3 is 9.31 Å². The molecule has 0 radical (unpaired) electrons. The standard InChI is InChI=1S/C15H22BNO4S/c1-14(2)15(3,11-12-9-10-12)21-16(20-14)17-22(18,19)13-7-5-4-6-8-13/h4-8,12,17H,9-11H2,1-3H3. The molecule has 1 unspecified atom stereocenters. The second-order valence-electron chi connectivity index (χ2n) is 6.89. The first-order valence-electron chi connectivity index (χ1n) is 7.65. The quantitative estimate of drug-likeness (QED) is 0.845. The number of hydrogen-bond donors (Lipinski definition) is 1. The molecule has 1 aliphatic heterocycles. The van der Waals surface area contributed by atoms with E-state index in [1.807, 2.05) is 20.8 Å². The summed E-state index contributed by atoms with van der Waals surface area (Å²) >= 11 is 0. The molecule has 1 aromatic carbocycles. The van der Waals surface area contributed by atoms with Crippen molar-refractivity contribution in [3.05, 3.63) is 30.3 Å². The lowest BCUT2D eigenvalue weighted by Gasteiger charge is -2.36. The van der Waals surface area contributed by atoms with Gasteiger partial charge in [-0.3, -0.25) is 0 Å². The molecule has 22 heavy (non-hydrogen) atoms. The Labute approximate surface area is 132 Å².